The van der Waals surface area contributed by atoms with E-state index in [0.29, 0.717) is 26.0 Å². The lowest BCUT2D eigenvalue weighted by atomic mass is 10.2. The predicted octanol–water partition coefficient (Wildman–Crippen LogP) is 1.82. The zero-order valence-corrected chi connectivity index (χ0v) is 9.85. The number of hydrogen-bond donors (Lipinski definition) is 1. The molecule has 0 aliphatic heterocycles. The number of carboxylic acids is 1. The molecule has 1 amide bonds. The summed E-state index contributed by atoms with van der Waals surface area (Å²) in [6, 6.07) is 0. The van der Waals surface area contributed by atoms with E-state index >= 15 is 0 Å². The van der Waals surface area contributed by atoms with Gasteiger partial charge in [-0.3, -0.25) is 14.4 Å². The molecule has 0 bridgehead atoms. The van der Waals surface area contributed by atoms with Crippen LogP contribution in [0.15, 0.2) is 0 Å². The quantitative estimate of drug-likeness (QED) is 0.334. The first-order valence-corrected chi connectivity index (χ1v) is 5.77. The zero-order valence-electron chi connectivity index (χ0n) is 9.85. The molecule has 0 aliphatic rings. The summed E-state index contributed by atoms with van der Waals surface area (Å²) in [5.41, 5.74) is 0. The van der Waals surface area contributed by atoms with Gasteiger partial charge in [-0.1, -0.05) is 19.8 Å². The Balaban J connectivity index is 3.40. The van der Waals surface area contributed by atoms with Gasteiger partial charge < -0.3 is 5.11 Å². The second kappa shape index (κ2) is 10.4. The Morgan fingerprint density at radius 2 is 2.06 bits per heavy atom. The Morgan fingerprint density at radius 3 is 2.62 bits per heavy atom. The van der Waals surface area contributed by atoms with Crippen LogP contribution in [0.2, 0.25) is 0 Å². The fraction of sp³-hybridized carbons (Fsp3) is 0.818. The average Bonchev–Trinajstić information content (AvgIpc) is 2.26. The normalized spacial score (nSPS) is 10.1. The summed E-state index contributed by atoms with van der Waals surface area (Å²) >= 11 is 0. The van der Waals surface area contributed by atoms with Crippen molar-refractivity contribution in [3.8, 4) is 0 Å². The van der Waals surface area contributed by atoms with Gasteiger partial charge in [0.05, 0.1) is 6.61 Å². The fourth-order valence-electron chi connectivity index (χ4n) is 1.19. The highest BCUT2D eigenvalue weighted by Crippen LogP contribution is 2.02. The van der Waals surface area contributed by atoms with Crippen LogP contribution >= 0.6 is 0 Å². The van der Waals surface area contributed by atoms with Gasteiger partial charge in [0.2, 0.25) is 6.41 Å². The predicted molar refractivity (Wildman–Crippen MR) is 59.7 cm³/mol. The summed E-state index contributed by atoms with van der Waals surface area (Å²) in [5, 5.41) is 9.71. The maximum Gasteiger partial charge on any atom is 0.303 e. The van der Waals surface area contributed by atoms with Crippen LogP contribution in [0.4, 0.5) is 0 Å². The number of hydroxylamine groups is 2. The first-order valence-electron chi connectivity index (χ1n) is 5.77. The lowest BCUT2D eigenvalue weighted by Gasteiger charge is -2.16. The van der Waals surface area contributed by atoms with E-state index in [1.54, 1.807) is 0 Å². The van der Waals surface area contributed by atoms with E-state index in [1.165, 1.54) is 5.06 Å². The van der Waals surface area contributed by atoms with E-state index in [9.17, 15) is 9.59 Å². The number of nitrogens with zero attached hydrogens (tertiary/aromatic N) is 1. The van der Waals surface area contributed by atoms with Gasteiger partial charge in [-0.25, -0.2) is 5.06 Å². The molecular formula is C11H21NO4. The zero-order chi connectivity index (χ0) is 12.2. The van der Waals surface area contributed by atoms with Crippen molar-refractivity contribution in [3.63, 3.8) is 0 Å². The van der Waals surface area contributed by atoms with Gasteiger partial charge in [-0.2, -0.15) is 0 Å². The average molecular weight is 231 g/mol. The van der Waals surface area contributed by atoms with Crippen LogP contribution < -0.4 is 0 Å². The molecule has 0 saturated carbocycles. The standard InChI is InChI=1S/C11H21NO4/c1-2-3-9-16-12(10-13)8-6-4-5-7-11(14)15/h10H,2-9H2,1H3,(H,14,15). The van der Waals surface area contributed by atoms with Gasteiger partial charge in [0.1, 0.15) is 0 Å². The number of unbranched alkanes of at least 4 members (excludes halogenated alkanes) is 3. The Bertz CT molecular complexity index is 196. The largest absolute Gasteiger partial charge is 0.481 e. The highest BCUT2D eigenvalue weighted by atomic mass is 16.7. The molecule has 5 heteroatoms. The van der Waals surface area contributed by atoms with Gasteiger partial charge >= 0.3 is 5.97 Å². The number of amides is 1. The lowest BCUT2D eigenvalue weighted by molar-refractivity contribution is -0.172. The Labute approximate surface area is 96.3 Å². The molecule has 1 N–H and O–H groups in total. The molecule has 0 unspecified atom stereocenters. The molecule has 0 atom stereocenters. The van der Waals surface area contributed by atoms with E-state index in [0.717, 1.165) is 25.7 Å². The smallest absolute Gasteiger partial charge is 0.303 e. The molecule has 16 heavy (non-hydrogen) atoms. The number of carbonyl (C=O) groups is 2. The van der Waals surface area contributed by atoms with E-state index in [2.05, 4.69) is 6.92 Å². The van der Waals surface area contributed by atoms with E-state index in [-0.39, 0.29) is 6.42 Å². The van der Waals surface area contributed by atoms with Crippen LogP contribution in [0.5, 0.6) is 0 Å². The van der Waals surface area contributed by atoms with Crippen LogP contribution in [-0.2, 0) is 14.4 Å². The molecule has 0 aromatic carbocycles. The SMILES string of the molecule is CCCCON(C=O)CCCCCC(=O)O. The van der Waals surface area contributed by atoms with E-state index in [4.69, 9.17) is 9.94 Å². The molecule has 0 spiro atoms. The van der Waals surface area contributed by atoms with Gasteiger partial charge in [-0.15, -0.1) is 0 Å². The second-order valence-electron chi connectivity index (χ2n) is 3.64. The van der Waals surface area contributed by atoms with Gasteiger partial charge in [-0.05, 0) is 19.3 Å². The molecular weight excluding hydrogens is 210 g/mol. The Kier molecular flexibility index (Phi) is 9.70. The van der Waals surface area contributed by atoms with Crippen LogP contribution in [-0.4, -0.2) is 35.7 Å². The highest BCUT2D eigenvalue weighted by Gasteiger charge is 2.02. The van der Waals surface area contributed by atoms with Crippen molar-refractivity contribution >= 4 is 12.4 Å². The van der Waals surface area contributed by atoms with Gasteiger partial charge in [0.15, 0.2) is 0 Å². The number of aliphatic carboxylic acids is 1. The maximum atomic E-state index is 10.6. The molecule has 5 nitrogen and oxygen atoms in total. The van der Waals surface area contributed by atoms with Crippen molar-refractivity contribution in [3.05, 3.63) is 0 Å². The highest BCUT2D eigenvalue weighted by molar-refractivity contribution is 5.66. The third kappa shape index (κ3) is 9.45. The summed E-state index contributed by atoms with van der Waals surface area (Å²) < 4.78 is 0. The van der Waals surface area contributed by atoms with Gasteiger partial charge in [0, 0.05) is 13.0 Å². The van der Waals surface area contributed by atoms with E-state index in [1.807, 2.05) is 0 Å². The Morgan fingerprint density at radius 1 is 1.31 bits per heavy atom. The molecule has 0 aromatic rings. The van der Waals surface area contributed by atoms with Crippen LogP contribution in [0.25, 0.3) is 0 Å². The second-order valence-corrected chi connectivity index (χ2v) is 3.64. The number of carbonyl (C=O) groups excluding carboxylic acids is 1. The first-order chi connectivity index (χ1) is 7.70. The van der Waals surface area contributed by atoms with E-state index < -0.39 is 5.97 Å². The third-order valence-electron chi connectivity index (χ3n) is 2.14. The van der Waals surface area contributed by atoms with Crippen molar-refractivity contribution in [1.82, 2.24) is 5.06 Å². The maximum absolute atomic E-state index is 10.6. The first kappa shape index (κ1) is 14.9. The fourth-order valence-corrected chi connectivity index (χ4v) is 1.19. The van der Waals surface area contributed by atoms with Crippen molar-refractivity contribution in [2.45, 2.75) is 45.4 Å². The molecule has 0 rings (SSSR count). The van der Waals surface area contributed by atoms with Crippen LogP contribution in [0.3, 0.4) is 0 Å². The molecule has 0 aromatic heterocycles. The lowest BCUT2D eigenvalue weighted by Crippen LogP contribution is -2.24. The van der Waals surface area contributed by atoms with Crippen molar-refractivity contribution in [1.29, 1.82) is 0 Å². The molecule has 0 radical (unpaired) electrons. The molecule has 0 fully saturated rings. The summed E-state index contributed by atoms with van der Waals surface area (Å²) in [6.45, 7) is 3.15. The monoisotopic (exact) mass is 231 g/mol. The summed E-state index contributed by atoms with van der Waals surface area (Å²) in [4.78, 5) is 26.0. The minimum Gasteiger partial charge on any atom is -0.481 e. The molecule has 94 valence electrons. The molecule has 0 saturated heterocycles. The van der Waals surface area contributed by atoms with Gasteiger partial charge in [0.25, 0.3) is 0 Å². The number of hydrogen-bond acceptors (Lipinski definition) is 3. The van der Waals surface area contributed by atoms with Crippen molar-refractivity contribution < 1.29 is 19.5 Å². The third-order valence-corrected chi connectivity index (χ3v) is 2.14. The topological polar surface area (TPSA) is 66.8 Å². The summed E-state index contributed by atoms with van der Waals surface area (Å²) in [5.74, 6) is -0.772. The summed E-state index contributed by atoms with van der Waals surface area (Å²) in [6.07, 6.45) is 5.06. The van der Waals surface area contributed by atoms with Crippen molar-refractivity contribution in [2.24, 2.45) is 0 Å². The molecule has 0 aliphatic carbocycles. The van der Waals surface area contributed by atoms with Crippen molar-refractivity contribution in [2.75, 3.05) is 13.2 Å². The Hall–Kier alpha value is -1.10. The molecule has 0 heterocycles. The number of rotatable bonds is 11. The number of carboxylic acid groups (broad SMARTS) is 1. The summed E-state index contributed by atoms with van der Waals surface area (Å²) in [7, 11) is 0. The van der Waals surface area contributed by atoms with Crippen LogP contribution in [0, 0.1) is 0 Å². The minimum atomic E-state index is -0.772. The minimum absolute atomic E-state index is 0.192. The van der Waals surface area contributed by atoms with Crippen LogP contribution in [0.1, 0.15) is 45.4 Å².